The van der Waals surface area contributed by atoms with Crippen molar-refractivity contribution in [3.8, 4) is 5.75 Å². The topological polar surface area (TPSA) is 33.6 Å². The molecular formula is C22H25ClF2N2O. The monoisotopic (exact) mass is 406 g/mol. The summed E-state index contributed by atoms with van der Waals surface area (Å²) in [4.78, 5) is 4.07. The molecule has 1 unspecified atom stereocenters. The van der Waals surface area contributed by atoms with E-state index in [-0.39, 0.29) is 12.0 Å². The van der Waals surface area contributed by atoms with Gasteiger partial charge in [-0.25, -0.2) is 4.99 Å². The molecule has 0 amide bonds. The molecule has 0 fully saturated rings. The molecule has 150 valence electrons. The average Bonchev–Trinajstić information content (AvgIpc) is 2.67. The Morgan fingerprint density at radius 2 is 1.68 bits per heavy atom. The summed E-state index contributed by atoms with van der Waals surface area (Å²) in [6.07, 6.45) is 1.33. The van der Waals surface area contributed by atoms with Gasteiger partial charge in [0, 0.05) is 11.7 Å². The van der Waals surface area contributed by atoms with Crippen molar-refractivity contribution in [2.75, 3.05) is 7.11 Å². The molecule has 0 aliphatic heterocycles. The molecule has 6 heteroatoms. The van der Waals surface area contributed by atoms with E-state index in [0.717, 1.165) is 5.56 Å². The van der Waals surface area contributed by atoms with Crippen LogP contribution in [0.5, 0.6) is 5.75 Å². The van der Waals surface area contributed by atoms with E-state index in [1.165, 1.54) is 13.2 Å². The van der Waals surface area contributed by atoms with Crippen LogP contribution >= 0.6 is 11.6 Å². The molecule has 0 aromatic heterocycles. The Labute approximate surface area is 170 Å². The second kappa shape index (κ2) is 9.69. The first-order valence-corrected chi connectivity index (χ1v) is 9.41. The van der Waals surface area contributed by atoms with Gasteiger partial charge in [-0.15, -0.1) is 0 Å². The van der Waals surface area contributed by atoms with Crippen LogP contribution in [-0.4, -0.2) is 18.2 Å². The van der Waals surface area contributed by atoms with Crippen LogP contribution in [0.3, 0.4) is 0 Å². The summed E-state index contributed by atoms with van der Waals surface area (Å²) in [5, 5.41) is -0.292. The lowest BCUT2D eigenvalue weighted by Gasteiger charge is -2.22. The first-order valence-electron chi connectivity index (χ1n) is 9.03. The predicted octanol–water partition coefficient (Wildman–Crippen LogP) is 6.49. The highest BCUT2D eigenvalue weighted by Gasteiger charge is 2.32. The number of nitrogens with zero attached hydrogens (tertiary/aromatic N) is 1. The zero-order valence-electron chi connectivity index (χ0n) is 16.4. The molecule has 0 aliphatic rings. The third-order valence-electron chi connectivity index (χ3n) is 4.21. The Kier molecular flexibility index (Phi) is 7.58. The van der Waals surface area contributed by atoms with Crippen LogP contribution in [0.15, 0.2) is 71.4 Å². The molecule has 28 heavy (non-hydrogen) atoms. The molecule has 0 saturated heterocycles. The molecule has 3 nitrogen and oxygen atoms in total. The van der Waals surface area contributed by atoms with E-state index >= 15 is 0 Å². The van der Waals surface area contributed by atoms with Crippen molar-refractivity contribution < 1.29 is 13.5 Å². The van der Waals surface area contributed by atoms with E-state index in [4.69, 9.17) is 16.3 Å². The molecule has 1 atom stereocenters. The van der Waals surface area contributed by atoms with E-state index in [2.05, 4.69) is 10.3 Å². The molecule has 0 saturated carbocycles. The van der Waals surface area contributed by atoms with E-state index in [9.17, 15) is 8.78 Å². The standard InChI is InChI=1S/C22H25ClF2N2O/c1-15(2)20(26-16(3)17-8-6-5-7-9-17)14-21(22(23,24)25)27-18-10-12-19(28-4)13-11-18/h5-16,26H,1-4H3/b20-14-,27-21?. The van der Waals surface area contributed by atoms with Crippen molar-refractivity contribution in [1.29, 1.82) is 0 Å². The van der Waals surface area contributed by atoms with E-state index in [1.54, 1.807) is 24.3 Å². The van der Waals surface area contributed by atoms with E-state index < -0.39 is 11.1 Å². The Morgan fingerprint density at radius 3 is 2.18 bits per heavy atom. The van der Waals surface area contributed by atoms with Gasteiger partial charge in [-0.3, -0.25) is 0 Å². The zero-order valence-corrected chi connectivity index (χ0v) is 17.2. The van der Waals surface area contributed by atoms with Gasteiger partial charge in [0.1, 0.15) is 11.5 Å². The quantitative estimate of drug-likeness (QED) is 0.401. The number of hydrogen-bond acceptors (Lipinski definition) is 3. The van der Waals surface area contributed by atoms with Crippen LogP contribution in [0.2, 0.25) is 0 Å². The van der Waals surface area contributed by atoms with Crippen molar-refractivity contribution in [2.24, 2.45) is 10.9 Å². The Bertz CT molecular complexity index is 813. The highest BCUT2D eigenvalue weighted by Crippen LogP contribution is 2.28. The Hall–Kier alpha value is -2.40. The van der Waals surface area contributed by atoms with Crippen LogP contribution in [0, 0.1) is 5.92 Å². The number of rotatable bonds is 8. The average molecular weight is 407 g/mol. The normalized spacial score (nSPS) is 14.1. The van der Waals surface area contributed by atoms with Crippen molar-refractivity contribution >= 4 is 23.0 Å². The maximum absolute atomic E-state index is 14.0. The number of methoxy groups -OCH3 is 1. The number of alkyl halides is 3. The van der Waals surface area contributed by atoms with Gasteiger partial charge >= 0.3 is 5.38 Å². The van der Waals surface area contributed by atoms with Crippen LogP contribution < -0.4 is 10.1 Å². The minimum Gasteiger partial charge on any atom is -0.497 e. The largest absolute Gasteiger partial charge is 0.497 e. The number of aliphatic imine (C=N–C) groups is 1. The lowest BCUT2D eigenvalue weighted by atomic mass is 10.0. The first-order chi connectivity index (χ1) is 13.2. The van der Waals surface area contributed by atoms with E-state index in [0.29, 0.717) is 17.1 Å². The van der Waals surface area contributed by atoms with Gasteiger partial charge in [-0.2, -0.15) is 8.78 Å². The minimum absolute atomic E-state index is 0.0220. The maximum atomic E-state index is 14.0. The number of halogens is 3. The van der Waals surface area contributed by atoms with Crippen LogP contribution in [-0.2, 0) is 0 Å². The lowest BCUT2D eigenvalue weighted by Crippen LogP contribution is -2.26. The lowest BCUT2D eigenvalue weighted by molar-refractivity contribution is 0.176. The molecule has 0 radical (unpaired) electrons. The van der Waals surface area contributed by atoms with Crippen molar-refractivity contribution in [3.05, 3.63) is 71.9 Å². The fraction of sp³-hybridized carbons (Fsp3) is 0.318. The second-order valence-electron chi connectivity index (χ2n) is 6.72. The summed E-state index contributed by atoms with van der Waals surface area (Å²) < 4.78 is 33.2. The summed E-state index contributed by atoms with van der Waals surface area (Å²) in [6.45, 7) is 5.83. The summed E-state index contributed by atoms with van der Waals surface area (Å²) in [6, 6.07) is 16.2. The molecule has 0 bridgehead atoms. The molecular weight excluding hydrogens is 382 g/mol. The summed E-state index contributed by atoms with van der Waals surface area (Å²) in [5.74, 6) is 0.598. The fourth-order valence-corrected chi connectivity index (χ4v) is 2.67. The predicted molar refractivity (Wildman–Crippen MR) is 112 cm³/mol. The van der Waals surface area contributed by atoms with Crippen molar-refractivity contribution in [2.45, 2.75) is 32.2 Å². The maximum Gasteiger partial charge on any atom is 0.364 e. The Balaban J connectivity index is 2.36. The van der Waals surface area contributed by atoms with Gasteiger partial charge in [0.05, 0.1) is 12.8 Å². The van der Waals surface area contributed by atoms with Gasteiger partial charge in [-0.05, 0) is 60.3 Å². The van der Waals surface area contributed by atoms with Gasteiger partial charge in [0.15, 0.2) is 0 Å². The molecule has 2 rings (SSSR count). The molecule has 0 aliphatic carbocycles. The SMILES string of the molecule is COc1ccc(N=C(/C=C(\NC(C)c2ccccc2)C(C)C)C(F)(F)Cl)cc1. The highest BCUT2D eigenvalue weighted by molar-refractivity contribution is 6.35. The second-order valence-corrected chi connectivity index (χ2v) is 7.20. The molecule has 2 aromatic carbocycles. The summed E-state index contributed by atoms with van der Waals surface area (Å²) >= 11 is 5.35. The molecule has 1 N–H and O–H groups in total. The van der Waals surface area contributed by atoms with Crippen molar-refractivity contribution in [1.82, 2.24) is 5.32 Å². The Morgan fingerprint density at radius 1 is 1.07 bits per heavy atom. The summed E-state index contributed by atoms with van der Waals surface area (Å²) in [5.41, 5.74) is 1.53. The number of hydrogen-bond donors (Lipinski definition) is 1. The van der Waals surface area contributed by atoms with Gasteiger partial charge in [-0.1, -0.05) is 44.2 Å². The third-order valence-corrected chi connectivity index (χ3v) is 4.40. The molecule has 2 aromatic rings. The highest BCUT2D eigenvalue weighted by atomic mass is 35.5. The van der Waals surface area contributed by atoms with Crippen LogP contribution in [0.25, 0.3) is 0 Å². The smallest absolute Gasteiger partial charge is 0.364 e. The zero-order chi connectivity index (χ0) is 20.7. The van der Waals surface area contributed by atoms with Gasteiger partial charge in [0.25, 0.3) is 0 Å². The first kappa shape index (κ1) is 21.9. The van der Waals surface area contributed by atoms with Crippen molar-refractivity contribution in [3.63, 3.8) is 0 Å². The van der Waals surface area contributed by atoms with Gasteiger partial charge < -0.3 is 10.1 Å². The molecule has 0 heterocycles. The number of allylic oxidation sites excluding steroid dienone is 2. The summed E-state index contributed by atoms with van der Waals surface area (Å²) in [7, 11) is 1.54. The minimum atomic E-state index is -3.60. The molecule has 0 spiro atoms. The van der Waals surface area contributed by atoms with E-state index in [1.807, 2.05) is 51.1 Å². The number of ether oxygens (including phenoxy) is 1. The third kappa shape index (κ3) is 6.34. The fourth-order valence-electron chi connectivity index (χ4n) is 2.57. The van der Waals surface area contributed by atoms with Gasteiger partial charge in [0.2, 0.25) is 0 Å². The number of benzene rings is 2. The van der Waals surface area contributed by atoms with Crippen LogP contribution in [0.1, 0.15) is 32.4 Å². The van der Waals surface area contributed by atoms with Crippen LogP contribution in [0.4, 0.5) is 14.5 Å². The number of nitrogens with one attached hydrogen (secondary N) is 1.